The summed E-state index contributed by atoms with van der Waals surface area (Å²) in [6.45, 7) is 6.22. The lowest BCUT2D eigenvalue weighted by molar-refractivity contribution is -0.142. The van der Waals surface area contributed by atoms with E-state index < -0.39 is 16.8 Å². The highest BCUT2D eigenvalue weighted by Gasteiger charge is 2.25. The van der Waals surface area contributed by atoms with Gasteiger partial charge >= 0.3 is 11.9 Å². The Morgan fingerprint density at radius 2 is 1.82 bits per heavy atom. The highest BCUT2D eigenvalue weighted by atomic mass is 79.9. The Kier molecular flexibility index (Phi) is 8.17. The molecule has 0 aliphatic carbocycles. The molecule has 1 unspecified atom stereocenters. The monoisotopic (exact) mass is 370 g/mol. The molecule has 0 spiro atoms. The number of halogens is 1. The quantitative estimate of drug-likeness (QED) is 0.508. The second kappa shape index (κ2) is 9.62. The fraction of sp³-hybridized carbons (Fsp3) is 0.529. The van der Waals surface area contributed by atoms with Crippen LogP contribution in [0.1, 0.15) is 59.9 Å². The van der Waals surface area contributed by atoms with Gasteiger partial charge in [0.25, 0.3) is 0 Å². The van der Waals surface area contributed by atoms with Crippen molar-refractivity contribution in [3.05, 3.63) is 34.9 Å². The summed E-state index contributed by atoms with van der Waals surface area (Å²) in [7, 11) is 0. The van der Waals surface area contributed by atoms with E-state index in [1.165, 1.54) is 0 Å². The van der Waals surface area contributed by atoms with Crippen LogP contribution in [-0.2, 0) is 20.7 Å². The molecule has 0 fully saturated rings. The van der Waals surface area contributed by atoms with E-state index in [-0.39, 0.29) is 0 Å². The van der Waals surface area contributed by atoms with Crippen LogP contribution in [-0.4, -0.2) is 25.2 Å². The predicted molar refractivity (Wildman–Crippen MR) is 89.3 cm³/mol. The van der Waals surface area contributed by atoms with Gasteiger partial charge in [-0.15, -0.1) is 0 Å². The summed E-state index contributed by atoms with van der Waals surface area (Å²) in [4.78, 5) is 23.4. The number of esters is 2. The van der Waals surface area contributed by atoms with Crippen LogP contribution in [0.25, 0.3) is 0 Å². The average molecular weight is 371 g/mol. The zero-order valence-corrected chi connectivity index (χ0v) is 14.9. The molecule has 1 rings (SSSR count). The molecule has 0 bridgehead atoms. The molecule has 0 saturated heterocycles. The Morgan fingerprint density at radius 3 is 2.41 bits per heavy atom. The van der Waals surface area contributed by atoms with Crippen LogP contribution in [0, 0.1) is 0 Å². The van der Waals surface area contributed by atoms with Crippen molar-refractivity contribution in [2.24, 2.45) is 0 Å². The molecule has 0 heterocycles. The van der Waals surface area contributed by atoms with Gasteiger partial charge in [0, 0.05) is 0 Å². The fourth-order valence-electron chi connectivity index (χ4n) is 2.10. The number of aryl methyl sites for hydroxylation is 1. The van der Waals surface area contributed by atoms with Crippen LogP contribution >= 0.6 is 15.9 Å². The van der Waals surface area contributed by atoms with Crippen LogP contribution in [0.4, 0.5) is 0 Å². The molecule has 0 aromatic heterocycles. The summed E-state index contributed by atoms with van der Waals surface area (Å²) >= 11 is 3.34. The van der Waals surface area contributed by atoms with Crippen LogP contribution in [0.15, 0.2) is 18.2 Å². The first-order valence-electron chi connectivity index (χ1n) is 7.65. The topological polar surface area (TPSA) is 52.6 Å². The molecule has 0 amide bonds. The second-order valence-corrected chi connectivity index (χ2v) is 5.78. The normalized spacial score (nSPS) is 11.8. The van der Waals surface area contributed by atoms with E-state index in [1.807, 2.05) is 12.1 Å². The summed E-state index contributed by atoms with van der Waals surface area (Å²) in [6, 6.07) is 5.53. The largest absolute Gasteiger partial charge is 0.465 e. The molecular formula is C17H23BrO4. The Bertz CT molecular complexity index is 513. The standard InChI is InChI=1S/C17H23BrO4/c1-4-7-8-12-9-10-13(16(19)21-5-2)14(11-12)15(18)17(20)22-6-3/h9-11,15H,4-8H2,1-3H3. The van der Waals surface area contributed by atoms with Crippen LogP contribution in [0.2, 0.25) is 0 Å². The summed E-state index contributed by atoms with van der Waals surface area (Å²) in [6.07, 6.45) is 3.06. The lowest BCUT2D eigenvalue weighted by atomic mass is 9.98. The number of hydrogen-bond donors (Lipinski definition) is 0. The lowest BCUT2D eigenvalue weighted by Gasteiger charge is -2.15. The first-order chi connectivity index (χ1) is 10.5. The maximum atomic E-state index is 12.1. The van der Waals surface area contributed by atoms with E-state index in [0.717, 1.165) is 24.8 Å². The van der Waals surface area contributed by atoms with Gasteiger partial charge < -0.3 is 9.47 Å². The maximum absolute atomic E-state index is 12.1. The minimum absolute atomic E-state index is 0.294. The third-order valence-corrected chi connectivity index (χ3v) is 4.06. The minimum atomic E-state index is -0.673. The first-order valence-corrected chi connectivity index (χ1v) is 8.57. The van der Waals surface area contributed by atoms with E-state index in [2.05, 4.69) is 22.9 Å². The average Bonchev–Trinajstić information content (AvgIpc) is 2.52. The SMILES string of the molecule is CCCCc1ccc(C(=O)OCC)c(C(Br)C(=O)OCC)c1. The lowest BCUT2D eigenvalue weighted by Crippen LogP contribution is -2.16. The number of benzene rings is 1. The molecule has 4 nitrogen and oxygen atoms in total. The maximum Gasteiger partial charge on any atom is 0.338 e. The zero-order valence-electron chi connectivity index (χ0n) is 13.4. The van der Waals surface area contributed by atoms with Crippen molar-refractivity contribution in [1.82, 2.24) is 0 Å². The molecule has 1 aromatic rings. The van der Waals surface area contributed by atoms with Gasteiger partial charge in [0.2, 0.25) is 0 Å². The smallest absolute Gasteiger partial charge is 0.338 e. The molecule has 0 N–H and O–H groups in total. The van der Waals surface area contributed by atoms with Gasteiger partial charge in [-0.05, 0) is 43.9 Å². The summed E-state index contributed by atoms with van der Waals surface area (Å²) in [5.41, 5.74) is 2.10. The highest BCUT2D eigenvalue weighted by molar-refractivity contribution is 9.09. The highest BCUT2D eigenvalue weighted by Crippen LogP contribution is 2.29. The first kappa shape index (κ1) is 18.7. The van der Waals surface area contributed by atoms with Crippen LogP contribution in [0.5, 0.6) is 0 Å². The molecule has 22 heavy (non-hydrogen) atoms. The van der Waals surface area contributed by atoms with Gasteiger partial charge in [-0.1, -0.05) is 41.4 Å². The van der Waals surface area contributed by atoms with E-state index >= 15 is 0 Å². The molecule has 1 aromatic carbocycles. The molecule has 0 aliphatic heterocycles. The van der Waals surface area contributed by atoms with E-state index in [4.69, 9.17) is 9.47 Å². The second-order valence-electron chi connectivity index (χ2n) is 4.86. The van der Waals surface area contributed by atoms with Crippen molar-refractivity contribution in [3.8, 4) is 0 Å². The van der Waals surface area contributed by atoms with Crippen molar-refractivity contribution in [1.29, 1.82) is 0 Å². The molecule has 1 atom stereocenters. The van der Waals surface area contributed by atoms with Gasteiger partial charge in [0.1, 0.15) is 4.83 Å². The number of rotatable bonds is 8. The molecule has 122 valence electrons. The Hall–Kier alpha value is -1.36. The van der Waals surface area contributed by atoms with E-state index in [9.17, 15) is 9.59 Å². The fourth-order valence-corrected chi connectivity index (χ4v) is 2.61. The van der Waals surface area contributed by atoms with E-state index in [0.29, 0.717) is 24.3 Å². The van der Waals surface area contributed by atoms with Gasteiger partial charge in [0.15, 0.2) is 0 Å². The van der Waals surface area contributed by atoms with Crippen LogP contribution < -0.4 is 0 Å². The number of alkyl halides is 1. The Balaban J connectivity index is 3.15. The van der Waals surface area contributed by atoms with Gasteiger partial charge in [-0.25, -0.2) is 4.79 Å². The molecular weight excluding hydrogens is 348 g/mol. The number of ether oxygens (including phenoxy) is 2. The predicted octanol–water partition coefficient (Wildman–Crippen LogP) is 4.21. The number of hydrogen-bond acceptors (Lipinski definition) is 4. The third kappa shape index (κ3) is 5.13. The molecule has 0 aliphatic rings. The summed E-state index contributed by atoms with van der Waals surface area (Å²) in [5.74, 6) is -0.825. The molecule has 0 radical (unpaired) electrons. The van der Waals surface area contributed by atoms with Crippen molar-refractivity contribution < 1.29 is 19.1 Å². The van der Waals surface area contributed by atoms with E-state index in [1.54, 1.807) is 19.9 Å². The molecule has 0 saturated carbocycles. The number of carbonyl (C=O) groups excluding carboxylic acids is 2. The van der Waals surface area contributed by atoms with Gasteiger partial charge in [-0.3, -0.25) is 4.79 Å². The Labute approximate surface area is 140 Å². The minimum Gasteiger partial charge on any atom is -0.465 e. The Morgan fingerprint density at radius 1 is 1.14 bits per heavy atom. The summed E-state index contributed by atoms with van der Waals surface area (Å²) in [5, 5.41) is 0. The molecule has 5 heteroatoms. The number of unbranched alkanes of at least 4 members (excludes halogenated alkanes) is 1. The van der Waals surface area contributed by atoms with Gasteiger partial charge in [-0.2, -0.15) is 0 Å². The van der Waals surface area contributed by atoms with Crippen molar-refractivity contribution in [2.75, 3.05) is 13.2 Å². The number of carbonyl (C=O) groups is 2. The van der Waals surface area contributed by atoms with Crippen molar-refractivity contribution in [2.45, 2.75) is 44.9 Å². The third-order valence-electron chi connectivity index (χ3n) is 3.20. The van der Waals surface area contributed by atoms with Crippen molar-refractivity contribution >= 4 is 27.9 Å². The zero-order chi connectivity index (χ0) is 16.5. The van der Waals surface area contributed by atoms with Gasteiger partial charge in [0.05, 0.1) is 18.8 Å². The van der Waals surface area contributed by atoms with Crippen molar-refractivity contribution in [3.63, 3.8) is 0 Å². The van der Waals surface area contributed by atoms with Crippen LogP contribution in [0.3, 0.4) is 0 Å². The summed E-state index contributed by atoms with van der Waals surface area (Å²) < 4.78 is 10.1.